The summed E-state index contributed by atoms with van der Waals surface area (Å²) >= 11 is 0. The van der Waals surface area contributed by atoms with Crippen molar-refractivity contribution in [3.63, 3.8) is 0 Å². The lowest BCUT2D eigenvalue weighted by atomic mass is 10.3. The summed E-state index contributed by atoms with van der Waals surface area (Å²) in [6.45, 7) is 2.14. The first kappa shape index (κ1) is 7.91. The van der Waals surface area contributed by atoms with Crippen molar-refractivity contribution >= 4 is 16.9 Å². The standard InChI is InChI=1S/C9H9NO3/c1-2-12-9(11)8-6-3-4-13-7(6)5-10-8/h3-5,10H,2H2,1H3. The molecule has 0 aromatic carbocycles. The van der Waals surface area contributed by atoms with E-state index >= 15 is 0 Å². The number of carbonyl (C=O) groups excluding carboxylic acids is 1. The first-order chi connectivity index (χ1) is 6.33. The molecule has 0 aliphatic heterocycles. The molecule has 0 fully saturated rings. The summed E-state index contributed by atoms with van der Waals surface area (Å²) in [6, 6.07) is 1.73. The largest absolute Gasteiger partial charge is 0.463 e. The Hall–Kier alpha value is -1.71. The van der Waals surface area contributed by atoms with Gasteiger partial charge in [-0.1, -0.05) is 0 Å². The van der Waals surface area contributed by atoms with Gasteiger partial charge in [0.15, 0.2) is 5.58 Å². The third-order valence-electron chi connectivity index (χ3n) is 1.79. The van der Waals surface area contributed by atoms with Gasteiger partial charge >= 0.3 is 5.97 Å². The maximum atomic E-state index is 11.3. The minimum absolute atomic E-state index is 0.348. The van der Waals surface area contributed by atoms with E-state index in [2.05, 4.69) is 4.98 Å². The molecule has 0 spiro atoms. The van der Waals surface area contributed by atoms with Crippen LogP contribution in [0.25, 0.3) is 11.0 Å². The summed E-state index contributed by atoms with van der Waals surface area (Å²) in [5.74, 6) is -0.348. The Morgan fingerprint density at radius 2 is 2.54 bits per heavy atom. The van der Waals surface area contributed by atoms with Crippen LogP contribution in [-0.4, -0.2) is 17.6 Å². The minimum atomic E-state index is -0.348. The number of aromatic nitrogens is 1. The number of carbonyl (C=O) groups is 1. The number of furan rings is 1. The molecule has 2 heterocycles. The first-order valence-electron chi connectivity index (χ1n) is 4.04. The fourth-order valence-electron chi connectivity index (χ4n) is 1.23. The molecular formula is C9H9NO3. The topological polar surface area (TPSA) is 55.2 Å². The maximum absolute atomic E-state index is 11.3. The van der Waals surface area contributed by atoms with Gasteiger partial charge < -0.3 is 14.1 Å². The summed E-state index contributed by atoms with van der Waals surface area (Å²) in [5.41, 5.74) is 1.12. The van der Waals surface area contributed by atoms with Gasteiger partial charge in [-0.15, -0.1) is 0 Å². The number of H-pyrrole nitrogens is 1. The highest BCUT2D eigenvalue weighted by atomic mass is 16.5. The van der Waals surface area contributed by atoms with E-state index in [4.69, 9.17) is 9.15 Å². The third kappa shape index (κ3) is 1.20. The summed E-state index contributed by atoms with van der Waals surface area (Å²) in [5, 5.41) is 0.762. The molecule has 4 nitrogen and oxygen atoms in total. The first-order valence-corrected chi connectivity index (χ1v) is 4.04. The Morgan fingerprint density at radius 1 is 1.69 bits per heavy atom. The molecule has 0 saturated heterocycles. The second kappa shape index (κ2) is 2.97. The van der Waals surface area contributed by atoms with Crippen LogP contribution in [0.15, 0.2) is 22.9 Å². The molecule has 0 saturated carbocycles. The number of fused-ring (bicyclic) bond motifs is 1. The van der Waals surface area contributed by atoms with Crippen LogP contribution in [-0.2, 0) is 4.74 Å². The van der Waals surface area contributed by atoms with E-state index < -0.39 is 0 Å². The van der Waals surface area contributed by atoms with Crippen molar-refractivity contribution in [2.45, 2.75) is 6.92 Å². The van der Waals surface area contributed by atoms with Gasteiger partial charge in [0.25, 0.3) is 0 Å². The number of hydrogen-bond acceptors (Lipinski definition) is 3. The average molecular weight is 179 g/mol. The summed E-state index contributed by atoms with van der Waals surface area (Å²) in [6.07, 6.45) is 3.18. The summed E-state index contributed by atoms with van der Waals surface area (Å²) in [7, 11) is 0. The fourth-order valence-corrected chi connectivity index (χ4v) is 1.23. The molecule has 68 valence electrons. The predicted molar refractivity (Wildman–Crippen MR) is 46.5 cm³/mol. The second-order valence-electron chi connectivity index (χ2n) is 2.58. The smallest absolute Gasteiger partial charge is 0.355 e. The van der Waals surface area contributed by atoms with Crippen LogP contribution < -0.4 is 0 Å². The zero-order valence-electron chi connectivity index (χ0n) is 7.16. The molecule has 0 aliphatic carbocycles. The molecule has 0 atom stereocenters. The molecule has 13 heavy (non-hydrogen) atoms. The molecule has 0 amide bonds. The van der Waals surface area contributed by atoms with Crippen molar-refractivity contribution in [3.05, 3.63) is 24.2 Å². The quantitative estimate of drug-likeness (QED) is 0.716. The predicted octanol–water partition coefficient (Wildman–Crippen LogP) is 1.94. The lowest BCUT2D eigenvalue weighted by Gasteiger charge is -1.97. The Labute approximate surface area is 74.5 Å². The van der Waals surface area contributed by atoms with Gasteiger partial charge in [-0.3, -0.25) is 0 Å². The summed E-state index contributed by atoms with van der Waals surface area (Å²) in [4.78, 5) is 14.1. The van der Waals surface area contributed by atoms with Crippen molar-refractivity contribution in [2.75, 3.05) is 6.61 Å². The molecule has 2 aromatic heterocycles. The lowest BCUT2D eigenvalue weighted by Crippen LogP contribution is -2.04. The van der Waals surface area contributed by atoms with Crippen LogP contribution in [0.5, 0.6) is 0 Å². The van der Waals surface area contributed by atoms with Crippen LogP contribution in [0.4, 0.5) is 0 Å². The van der Waals surface area contributed by atoms with Crippen molar-refractivity contribution in [2.24, 2.45) is 0 Å². The zero-order chi connectivity index (χ0) is 9.26. The highest BCUT2D eigenvalue weighted by Crippen LogP contribution is 2.19. The maximum Gasteiger partial charge on any atom is 0.355 e. The van der Waals surface area contributed by atoms with Crippen LogP contribution in [0.2, 0.25) is 0 Å². The highest BCUT2D eigenvalue weighted by Gasteiger charge is 2.13. The molecular weight excluding hydrogens is 170 g/mol. The molecule has 0 radical (unpaired) electrons. The Bertz CT molecular complexity index is 427. The van der Waals surface area contributed by atoms with E-state index in [0.717, 1.165) is 5.39 Å². The van der Waals surface area contributed by atoms with Gasteiger partial charge in [0.2, 0.25) is 0 Å². The van der Waals surface area contributed by atoms with Crippen molar-refractivity contribution in [3.8, 4) is 0 Å². The Morgan fingerprint density at radius 3 is 3.31 bits per heavy atom. The van der Waals surface area contributed by atoms with Gasteiger partial charge in [0, 0.05) is 6.20 Å². The van der Waals surface area contributed by atoms with Gasteiger partial charge in [-0.25, -0.2) is 4.79 Å². The zero-order valence-corrected chi connectivity index (χ0v) is 7.16. The number of esters is 1. The average Bonchev–Trinajstić information content (AvgIpc) is 2.62. The van der Waals surface area contributed by atoms with Crippen molar-refractivity contribution in [1.82, 2.24) is 4.98 Å². The minimum Gasteiger partial charge on any atom is -0.463 e. The van der Waals surface area contributed by atoms with Crippen LogP contribution in [0.3, 0.4) is 0 Å². The second-order valence-corrected chi connectivity index (χ2v) is 2.58. The van der Waals surface area contributed by atoms with E-state index in [-0.39, 0.29) is 5.97 Å². The number of ether oxygens (including phenoxy) is 1. The molecule has 2 aromatic rings. The number of rotatable bonds is 2. The van der Waals surface area contributed by atoms with E-state index in [9.17, 15) is 4.79 Å². The van der Waals surface area contributed by atoms with E-state index in [1.807, 2.05) is 0 Å². The van der Waals surface area contributed by atoms with Crippen molar-refractivity contribution < 1.29 is 13.9 Å². The van der Waals surface area contributed by atoms with Crippen LogP contribution >= 0.6 is 0 Å². The number of nitrogens with one attached hydrogen (secondary N) is 1. The van der Waals surface area contributed by atoms with Crippen LogP contribution in [0.1, 0.15) is 17.4 Å². The molecule has 0 bridgehead atoms. The summed E-state index contributed by atoms with van der Waals surface area (Å²) < 4.78 is 9.94. The van der Waals surface area contributed by atoms with Gasteiger partial charge in [0.1, 0.15) is 5.69 Å². The molecule has 0 aliphatic rings. The number of aromatic amines is 1. The Balaban J connectivity index is 2.42. The van der Waals surface area contributed by atoms with Gasteiger partial charge in [-0.05, 0) is 13.0 Å². The molecule has 2 rings (SSSR count). The van der Waals surface area contributed by atoms with Gasteiger partial charge in [0.05, 0.1) is 18.3 Å². The van der Waals surface area contributed by atoms with Gasteiger partial charge in [-0.2, -0.15) is 0 Å². The van der Waals surface area contributed by atoms with E-state index in [1.54, 1.807) is 25.5 Å². The molecule has 1 N–H and O–H groups in total. The van der Waals surface area contributed by atoms with E-state index in [1.165, 1.54) is 0 Å². The van der Waals surface area contributed by atoms with Crippen LogP contribution in [0, 0.1) is 0 Å². The fraction of sp³-hybridized carbons (Fsp3) is 0.222. The SMILES string of the molecule is CCOC(=O)c1[nH]cc2occc12. The third-order valence-corrected chi connectivity index (χ3v) is 1.79. The molecule has 0 unspecified atom stereocenters. The van der Waals surface area contributed by atoms with E-state index in [0.29, 0.717) is 17.9 Å². The monoisotopic (exact) mass is 179 g/mol. The highest BCUT2D eigenvalue weighted by molar-refractivity contribution is 6.01. The Kier molecular flexibility index (Phi) is 1.81. The lowest BCUT2D eigenvalue weighted by molar-refractivity contribution is 0.0522. The molecule has 4 heteroatoms. The number of hydrogen-bond donors (Lipinski definition) is 1. The normalized spacial score (nSPS) is 10.5. The van der Waals surface area contributed by atoms with Crippen molar-refractivity contribution in [1.29, 1.82) is 0 Å².